The molecule has 0 unspecified atom stereocenters. The number of ether oxygens (including phenoxy) is 1. The molecule has 4 heteroatoms. The molecule has 110 valence electrons. The molecule has 0 spiro atoms. The highest BCUT2D eigenvalue weighted by Crippen LogP contribution is 2.22. The van der Waals surface area contributed by atoms with Crippen molar-refractivity contribution in [2.45, 2.75) is 26.7 Å². The molecule has 3 nitrogen and oxygen atoms in total. The predicted octanol–water partition coefficient (Wildman–Crippen LogP) is 4.53. The zero-order chi connectivity index (χ0) is 15.2. The van der Waals surface area contributed by atoms with Crippen LogP contribution in [0.4, 0.5) is 0 Å². The summed E-state index contributed by atoms with van der Waals surface area (Å²) < 4.78 is 5.08. The molecule has 1 aromatic carbocycles. The number of carbonyl (C=O) groups is 1. The molecule has 1 aromatic heterocycles. The molecule has 0 atom stereocenters. The number of benzene rings is 1. The van der Waals surface area contributed by atoms with Crippen LogP contribution in [0.3, 0.4) is 0 Å². The maximum atomic E-state index is 12.0. The van der Waals surface area contributed by atoms with Crippen molar-refractivity contribution in [2.24, 2.45) is 0 Å². The normalized spacial score (nSPS) is 10.4. The Bertz CT molecular complexity index is 623. The lowest BCUT2D eigenvalue weighted by Crippen LogP contribution is -2.10. The lowest BCUT2D eigenvalue weighted by molar-refractivity contribution is 0.0524. The number of pyridine rings is 1. The summed E-state index contributed by atoms with van der Waals surface area (Å²) >= 11 is 5.90. The Labute approximate surface area is 129 Å². The van der Waals surface area contributed by atoms with Crippen LogP contribution in [0.2, 0.25) is 5.02 Å². The van der Waals surface area contributed by atoms with Crippen molar-refractivity contribution in [1.29, 1.82) is 0 Å². The minimum absolute atomic E-state index is 0.309. The number of esters is 1. The standard InChI is InChI=1S/C17H18ClNO2/c1-3-5-16-14(17(20)21-4-2)10-11-15(19-16)12-6-8-13(18)9-7-12/h6-11H,3-5H2,1-2H3. The highest BCUT2D eigenvalue weighted by atomic mass is 35.5. The summed E-state index contributed by atoms with van der Waals surface area (Å²) in [6.07, 6.45) is 1.67. The van der Waals surface area contributed by atoms with E-state index >= 15 is 0 Å². The van der Waals surface area contributed by atoms with Gasteiger partial charge in [0.1, 0.15) is 0 Å². The topological polar surface area (TPSA) is 39.2 Å². The van der Waals surface area contributed by atoms with Crippen LogP contribution in [0.1, 0.15) is 36.3 Å². The van der Waals surface area contributed by atoms with Gasteiger partial charge in [-0.05, 0) is 37.6 Å². The Morgan fingerprint density at radius 3 is 2.48 bits per heavy atom. The Kier molecular flexibility index (Phi) is 5.34. The van der Waals surface area contributed by atoms with Gasteiger partial charge < -0.3 is 4.74 Å². The highest BCUT2D eigenvalue weighted by molar-refractivity contribution is 6.30. The summed E-state index contributed by atoms with van der Waals surface area (Å²) in [5.41, 5.74) is 3.15. The van der Waals surface area contributed by atoms with Crippen molar-refractivity contribution in [3.05, 3.63) is 52.7 Å². The second-order valence-electron chi connectivity index (χ2n) is 4.67. The quantitative estimate of drug-likeness (QED) is 0.762. The third-order valence-electron chi connectivity index (χ3n) is 3.10. The maximum Gasteiger partial charge on any atom is 0.339 e. The molecule has 0 aliphatic heterocycles. The van der Waals surface area contributed by atoms with Crippen LogP contribution in [-0.2, 0) is 11.2 Å². The molecule has 0 fully saturated rings. The van der Waals surface area contributed by atoms with Crippen LogP contribution >= 0.6 is 11.6 Å². The van der Waals surface area contributed by atoms with Gasteiger partial charge in [-0.25, -0.2) is 4.79 Å². The average Bonchev–Trinajstić information content (AvgIpc) is 2.48. The molecular weight excluding hydrogens is 286 g/mol. The van der Waals surface area contributed by atoms with Gasteiger partial charge in [0.25, 0.3) is 0 Å². The second kappa shape index (κ2) is 7.23. The van der Waals surface area contributed by atoms with Crippen LogP contribution < -0.4 is 0 Å². The van der Waals surface area contributed by atoms with Crippen LogP contribution in [-0.4, -0.2) is 17.6 Å². The molecule has 0 aliphatic carbocycles. The van der Waals surface area contributed by atoms with Gasteiger partial charge in [-0.3, -0.25) is 4.98 Å². The van der Waals surface area contributed by atoms with Crippen LogP contribution in [0.15, 0.2) is 36.4 Å². The highest BCUT2D eigenvalue weighted by Gasteiger charge is 2.14. The number of rotatable bonds is 5. The van der Waals surface area contributed by atoms with Crippen LogP contribution in [0.25, 0.3) is 11.3 Å². The zero-order valence-corrected chi connectivity index (χ0v) is 13.0. The van der Waals surface area contributed by atoms with E-state index < -0.39 is 0 Å². The zero-order valence-electron chi connectivity index (χ0n) is 12.2. The molecule has 0 radical (unpaired) electrons. The van der Waals surface area contributed by atoms with Gasteiger partial charge in [-0.2, -0.15) is 0 Å². The minimum Gasteiger partial charge on any atom is -0.462 e. The van der Waals surface area contributed by atoms with Gasteiger partial charge in [0, 0.05) is 10.6 Å². The maximum absolute atomic E-state index is 12.0. The molecule has 21 heavy (non-hydrogen) atoms. The van der Waals surface area contributed by atoms with E-state index in [0.717, 1.165) is 29.8 Å². The van der Waals surface area contributed by atoms with Gasteiger partial charge in [0.2, 0.25) is 0 Å². The van der Waals surface area contributed by atoms with Crippen LogP contribution in [0, 0.1) is 0 Å². The van der Waals surface area contributed by atoms with Gasteiger partial charge in [-0.15, -0.1) is 0 Å². The van der Waals surface area contributed by atoms with E-state index in [1.165, 1.54) is 0 Å². The van der Waals surface area contributed by atoms with E-state index in [4.69, 9.17) is 16.3 Å². The first kappa shape index (κ1) is 15.5. The van der Waals surface area contributed by atoms with Gasteiger partial charge >= 0.3 is 5.97 Å². The molecule has 0 bridgehead atoms. The molecular formula is C17H18ClNO2. The molecule has 2 rings (SSSR count). The lowest BCUT2D eigenvalue weighted by Gasteiger charge is -2.10. The Morgan fingerprint density at radius 1 is 1.14 bits per heavy atom. The van der Waals surface area contributed by atoms with Gasteiger partial charge in [0.05, 0.1) is 23.6 Å². The predicted molar refractivity (Wildman–Crippen MR) is 84.6 cm³/mol. The SMILES string of the molecule is CCCc1nc(-c2ccc(Cl)cc2)ccc1C(=O)OCC. The molecule has 0 saturated carbocycles. The van der Waals surface area contributed by atoms with Crippen molar-refractivity contribution >= 4 is 17.6 Å². The number of hydrogen-bond acceptors (Lipinski definition) is 3. The fourth-order valence-electron chi connectivity index (χ4n) is 2.10. The first-order valence-electron chi connectivity index (χ1n) is 7.08. The molecule has 0 N–H and O–H groups in total. The van der Waals surface area contributed by atoms with E-state index in [9.17, 15) is 4.79 Å². The van der Waals surface area contributed by atoms with Crippen molar-refractivity contribution in [3.8, 4) is 11.3 Å². The summed E-state index contributed by atoms with van der Waals surface area (Å²) in [6.45, 7) is 4.22. The van der Waals surface area contributed by atoms with Crippen molar-refractivity contribution in [3.63, 3.8) is 0 Å². The Hall–Kier alpha value is -1.87. The van der Waals surface area contributed by atoms with Crippen molar-refractivity contribution in [1.82, 2.24) is 4.98 Å². The molecule has 0 saturated heterocycles. The summed E-state index contributed by atoms with van der Waals surface area (Å²) in [6, 6.07) is 11.1. The third-order valence-corrected chi connectivity index (χ3v) is 3.35. The first-order chi connectivity index (χ1) is 10.2. The van der Waals surface area contributed by atoms with E-state index in [0.29, 0.717) is 17.2 Å². The lowest BCUT2D eigenvalue weighted by atomic mass is 10.1. The number of nitrogens with zero attached hydrogens (tertiary/aromatic N) is 1. The second-order valence-corrected chi connectivity index (χ2v) is 5.10. The number of aromatic nitrogens is 1. The third kappa shape index (κ3) is 3.82. The number of halogens is 1. The fourth-order valence-corrected chi connectivity index (χ4v) is 2.23. The monoisotopic (exact) mass is 303 g/mol. The largest absolute Gasteiger partial charge is 0.462 e. The van der Waals surface area contributed by atoms with E-state index in [1.807, 2.05) is 30.3 Å². The summed E-state index contributed by atoms with van der Waals surface area (Å²) in [5, 5.41) is 0.690. The summed E-state index contributed by atoms with van der Waals surface area (Å²) in [7, 11) is 0. The minimum atomic E-state index is -0.309. The van der Waals surface area contributed by atoms with E-state index in [1.54, 1.807) is 13.0 Å². The Morgan fingerprint density at radius 2 is 1.86 bits per heavy atom. The number of carbonyl (C=O) groups excluding carboxylic acids is 1. The van der Waals surface area contributed by atoms with Gasteiger partial charge in [0.15, 0.2) is 0 Å². The van der Waals surface area contributed by atoms with Crippen LogP contribution in [0.5, 0.6) is 0 Å². The Balaban J connectivity index is 2.39. The molecule has 1 heterocycles. The molecule has 0 aliphatic rings. The fraction of sp³-hybridized carbons (Fsp3) is 0.294. The van der Waals surface area contributed by atoms with Gasteiger partial charge in [-0.1, -0.05) is 37.1 Å². The first-order valence-corrected chi connectivity index (χ1v) is 7.46. The average molecular weight is 304 g/mol. The molecule has 2 aromatic rings. The summed E-state index contributed by atoms with van der Waals surface area (Å²) in [5.74, 6) is -0.309. The van der Waals surface area contributed by atoms with E-state index in [-0.39, 0.29) is 5.97 Å². The van der Waals surface area contributed by atoms with E-state index in [2.05, 4.69) is 11.9 Å². The summed E-state index contributed by atoms with van der Waals surface area (Å²) in [4.78, 5) is 16.6. The van der Waals surface area contributed by atoms with Crippen molar-refractivity contribution in [2.75, 3.05) is 6.61 Å². The van der Waals surface area contributed by atoms with Crippen molar-refractivity contribution < 1.29 is 9.53 Å². The smallest absolute Gasteiger partial charge is 0.339 e. The number of aryl methyl sites for hydroxylation is 1. The molecule has 0 amide bonds. The number of hydrogen-bond donors (Lipinski definition) is 0.